The van der Waals surface area contributed by atoms with Crippen molar-refractivity contribution in [3.05, 3.63) is 325 Å². The Bertz CT molecular complexity index is 5960. The summed E-state index contributed by atoms with van der Waals surface area (Å²) in [5.41, 5.74) is 13.0. The highest BCUT2D eigenvalue weighted by Crippen LogP contribution is 2.67. The average Bonchev–Trinajstić information content (AvgIpc) is 1.50. The summed E-state index contributed by atoms with van der Waals surface area (Å²) in [5.74, 6) is -4.28. The highest BCUT2D eigenvalue weighted by atomic mass is 32.1. The van der Waals surface area contributed by atoms with Crippen LogP contribution in [0, 0.1) is 70.9 Å². The maximum absolute atomic E-state index is 15.5. The van der Waals surface area contributed by atoms with Crippen LogP contribution in [0.1, 0.15) is 369 Å². The summed E-state index contributed by atoms with van der Waals surface area (Å²) in [5, 5.41) is 21.3. The third-order valence-electron chi connectivity index (χ3n) is 28.9. The molecule has 138 heavy (non-hydrogen) atoms. The zero-order valence-corrected chi connectivity index (χ0v) is 85.0. The molecule has 0 spiro atoms. The number of ketones is 2. The number of allylic oxidation sites excluding steroid dienone is 6. The Kier molecular flexibility index (Phi) is 35.0. The molecule has 4 heterocycles. The zero-order valence-electron chi connectivity index (χ0n) is 81.8. The van der Waals surface area contributed by atoms with Gasteiger partial charge in [0.15, 0.2) is 34.8 Å². The minimum absolute atomic E-state index is 0.00106. The molecule has 4 aliphatic carbocycles. The highest BCUT2D eigenvalue weighted by Gasteiger charge is 2.54. The van der Waals surface area contributed by atoms with Crippen molar-refractivity contribution in [2.24, 2.45) is 11.8 Å². The molecule has 714 valence electrons. The molecular weight excluding hydrogens is 1790 g/mol. The number of nitriles is 2. The van der Waals surface area contributed by atoms with Crippen LogP contribution >= 0.6 is 45.3 Å². The van der Waals surface area contributed by atoms with E-state index in [1.54, 1.807) is 34.8 Å². The van der Waals surface area contributed by atoms with Crippen molar-refractivity contribution in [3.63, 3.8) is 0 Å². The van der Waals surface area contributed by atoms with Gasteiger partial charge in [-0.05, 0) is 251 Å². The van der Waals surface area contributed by atoms with Crippen molar-refractivity contribution >= 4 is 80.2 Å². The lowest BCUT2D eigenvalue weighted by Gasteiger charge is -2.35. The molecule has 7 aromatic carbocycles. The first-order chi connectivity index (χ1) is 67.4. The molecule has 15 rings (SSSR count). The van der Waals surface area contributed by atoms with Crippen LogP contribution in [-0.4, -0.2) is 24.8 Å². The van der Waals surface area contributed by atoms with E-state index in [1.807, 2.05) is 24.3 Å². The van der Waals surface area contributed by atoms with Gasteiger partial charge in [0.1, 0.15) is 11.5 Å². The number of hydrogen-bond acceptors (Lipinski definition) is 10. The van der Waals surface area contributed by atoms with Crippen LogP contribution in [-0.2, 0) is 36.5 Å². The van der Waals surface area contributed by atoms with Gasteiger partial charge in [-0.15, -0.1) is 45.3 Å². The number of hydrogen-bond donors (Lipinski definition) is 0. The summed E-state index contributed by atoms with van der Waals surface area (Å²) >= 11 is 6.40. The molecule has 4 aromatic heterocycles. The van der Waals surface area contributed by atoms with Gasteiger partial charge in [-0.2, -0.15) is 0 Å². The van der Waals surface area contributed by atoms with E-state index in [-0.39, 0.29) is 56.4 Å². The van der Waals surface area contributed by atoms with E-state index in [4.69, 9.17) is 22.6 Å². The van der Waals surface area contributed by atoms with Crippen molar-refractivity contribution in [1.29, 1.82) is 10.5 Å². The molecule has 0 N–H and O–H groups in total. The number of unbranched alkanes of at least 4 members (excludes halogenated alkanes) is 20. The Morgan fingerprint density at radius 2 is 0.638 bits per heavy atom. The summed E-state index contributed by atoms with van der Waals surface area (Å²) < 4.78 is 76.7. The average molecular weight is 1920 g/mol. The second-order valence-corrected chi connectivity index (χ2v) is 42.8. The van der Waals surface area contributed by atoms with Gasteiger partial charge in [-0.25, -0.2) is 37.8 Å². The normalized spacial score (nSPS) is 15.3. The van der Waals surface area contributed by atoms with Crippen molar-refractivity contribution < 1.29 is 36.6 Å². The zero-order chi connectivity index (χ0) is 97.0. The number of aryl methyl sites for hydroxylation is 4. The standard InChI is InChI=1S/C122H130F4N4O4S4/c1-11-19-27-33-41-79-47-55-85(56-48-79)121(86-57-49-80(50-58-86)42-34-28-20-12-2)99-67-96-100(68-95(99)117-101(121)73-111(137-117)119-109(133-77-83(39-25-17-7)45-37-31-23-15-5)65-89(135-119)63-97-113(107(75-127)129-9)91-69-103(123)105(125)71-93(91)115(97)131)122(87-59-51-81(52-60-87)43-35-29-21-13-3,88-61-53-82(54-62-88)44-36-30-22-14-4)102-74-112(138-118(96)102)120-110(134-78-84(40-26-18-8)46-38-32-24-16-6)66-90(136-120)64-98-114(108(76-128)130-10)92-70-104(124)106(126)72-94(92)116(98)132/h47-74,83-84H,11-46,77-78H2,1-8H3/b97-63-,98-64-,113-107-,114-108+. The maximum atomic E-state index is 15.5. The van der Waals surface area contributed by atoms with Crippen LogP contribution in [0.15, 0.2) is 180 Å². The van der Waals surface area contributed by atoms with Gasteiger partial charge in [0.2, 0.25) is 0 Å². The lowest BCUT2D eigenvalue weighted by atomic mass is 9.65. The van der Waals surface area contributed by atoms with Gasteiger partial charge >= 0.3 is 0 Å². The summed E-state index contributed by atoms with van der Waals surface area (Å²) in [6.45, 7) is 35.3. The predicted octanol–water partition coefficient (Wildman–Crippen LogP) is 36.2. The Morgan fingerprint density at radius 3 is 0.928 bits per heavy atom. The fraction of sp³-hybridized carbons (Fsp3) is 0.410. The topological polar surface area (TPSA) is 109 Å². The summed E-state index contributed by atoms with van der Waals surface area (Å²) in [6, 6.07) is 59.5. The monoisotopic (exact) mass is 1920 g/mol. The SMILES string of the molecule is [C-]#[N+]/C(C#N)=C1\C(=C\c2cc(OCC(CCCC)CCCCCC)c(-c3cc4c(s3)-c3cc5c(cc3C4(c3ccc(CCCCCC)cc3)c3ccc(CCCCCC)cc3)-c3sc(-c4sc(/C=C6\C(=O)c7cc(F)c(F)cc7\C6=C(\C#N)[N+]#[C-])cc4OCC(CCCC)CCCCCC)cc3C5(c3ccc(CCCCCC)cc3)c3ccc(CCCCCC)cc3)s2)C(=O)c2cc(F)c(F)cc21. The van der Waals surface area contributed by atoms with E-state index >= 15 is 17.6 Å². The molecule has 0 aliphatic heterocycles. The number of ether oxygens (including phenoxy) is 2. The lowest BCUT2D eigenvalue weighted by molar-refractivity contribution is 0.103. The summed E-state index contributed by atoms with van der Waals surface area (Å²) in [6.07, 6.45) is 42.2. The van der Waals surface area contributed by atoms with Gasteiger partial charge < -0.3 is 9.47 Å². The molecule has 16 heteroatoms. The number of nitrogens with zero attached hydrogens (tertiary/aromatic N) is 4. The van der Waals surface area contributed by atoms with E-state index in [1.165, 1.54) is 44.9 Å². The van der Waals surface area contributed by atoms with Crippen LogP contribution in [0.2, 0.25) is 0 Å². The number of thiophene rings is 4. The minimum Gasteiger partial charge on any atom is -0.492 e. The Labute approximate surface area is 832 Å². The van der Waals surface area contributed by atoms with E-state index in [0.29, 0.717) is 34.5 Å². The molecule has 0 saturated heterocycles. The van der Waals surface area contributed by atoms with Crippen LogP contribution in [0.25, 0.3) is 73.4 Å². The van der Waals surface area contributed by atoms with Gasteiger partial charge in [-0.3, -0.25) is 9.59 Å². The number of benzene rings is 7. The summed E-state index contributed by atoms with van der Waals surface area (Å²) in [7, 11) is 0. The second-order valence-electron chi connectivity index (χ2n) is 38.5. The third kappa shape index (κ3) is 21.5. The van der Waals surface area contributed by atoms with Crippen LogP contribution in [0.3, 0.4) is 0 Å². The molecule has 8 nitrogen and oxygen atoms in total. The fourth-order valence-electron chi connectivity index (χ4n) is 21.4. The largest absolute Gasteiger partial charge is 0.492 e. The van der Waals surface area contributed by atoms with Crippen molar-refractivity contribution in [2.75, 3.05) is 13.2 Å². The van der Waals surface area contributed by atoms with Crippen LogP contribution in [0.4, 0.5) is 17.6 Å². The molecule has 0 saturated carbocycles. The first-order valence-electron chi connectivity index (χ1n) is 51.4. The fourth-order valence-corrected chi connectivity index (χ4v) is 26.2. The number of fused-ring (bicyclic) bond motifs is 8. The molecule has 4 aliphatic rings. The van der Waals surface area contributed by atoms with Crippen LogP contribution < -0.4 is 9.47 Å². The van der Waals surface area contributed by atoms with Gasteiger partial charge in [0, 0.05) is 62.7 Å². The molecule has 11 aromatic rings. The van der Waals surface area contributed by atoms with Crippen molar-refractivity contribution in [1.82, 2.24) is 0 Å². The molecule has 2 atom stereocenters. The number of halogens is 4. The van der Waals surface area contributed by atoms with E-state index in [9.17, 15) is 20.1 Å². The van der Waals surface area contributed by atoms with Gasteiger partial charge in [0.05, 0.1) is 59.1 Å². The molecule has 0 amide bonds. The van der Waals surface area contributed by atoms with Gasteiger partial charge in [-0.1, -0.05) is 307 Å². The third-order valence-corrected chi connectivity index (χ3v) is 33.7. The minimum atomic E-state index is -1.20. The molecular formula is C122H130F4N4O4S4. The number of rotatable bonds is 50. The van der Waals surface area contributed by atoms with Crippen molar-refractivity contribution in [3.8, 4) is 64.0 Å². The Morgan fingerprint density at radius 1 is 0.348 bits per heavy atom. The van der Waals surface area contributed by atoms with E-state index in [0.717, 1.165) is 340 Å². The number of carbonyl (C=O) groups is 2. The molecule has 0 fully saturated rings. The quantitative estimate of drug-likeness (QED) is 0.0124. The van der Waals surface area contributed by atoms with Crippen molar-refractivity contribution in [2.45, 2.75) is 297 Å². The Balaban J connectivity index is 1.02. The van der Waals surface area contributed by atoms with E-state index in [2.05, 4.69) is 186 Å². The predicted molar refractivity (Wildman–Crippen MR) is 565 cm³/mol. The van der Waals surface area contributed by atoms with Crippen LogP contribution in [0.5, 0.6) is 11.5 Å². The first kappa shape index (κ1) is 101. The van der Waals surface area contributed by atoms with E-state index < -0.39 is 57.1 Å². The first-order valence-corrected chi connectivity index (χ1v) is 54.6. The molecule has 2 unspecified atom stereocenters. The molecule has 0 radical (unpaired) electrons. The maximum Gasteiger partial charge on any atom is 0.270 e. The highest BCUT2D eigenvalue weighted by molar-refractivity contribution is 7.25. The Hall–Kier alpha value is -11.1. The number of carbonyl (C=O) groups excluding carboxylic acids is 2. The number of Topliss-reactive ketones (excluding diaryl/α,β-unsaturated/α-hetero) is 2. The smallest absolute Gasteiger partial charge is 0.270 e. The molecule has 0 bridgehead atoms. The van der Waals surface area contributed by atoms with Gasteiger partial charge in [0.25, 0.3) is 11.4 Å². The lowest BCUT2D eigenvalue weighted by Crippen LogP contribution is -2.30. The summed E-state index contributed by atoms with van der Waals surface area (Å²) in [4.78, 5) is 44.1. The second kappa shape index (κ2) is 47.7.